The number of amides is 2. The monoisotopic (exact) mass is 258 g/mol. The third-order valence-corrected chi connectivity index (χ3v) is 3.05. The molecule has 1 saturated heterocycles. The van der Waals surface area contributed by atoms with Gasteiger partial charge in [-0.2, -0.15) is 0 Å². The minimum atomic E-state index is -0.562. The highest BCUT2D eigenvalue weighted by atomic mass is 16.2. The number of carbonyl (C=O) groups excluding carboxylic acids is 2. The van der Waals surface area contributed by atoms with Crippen LogP contribution in [0.4, 0.5) is 0 Å². The van der Waals surface area contributed by atoms with E-state index < -0.39 is 6.04 Å². The summed E-state index contributed by atoms with van der Waals surface area (Å²) >= 11 is 0. The molecule has 1 N–H and O–H groups in total. The van der Waals surface area contributed by atoms with E-state index in [4.69, 9.17) is 0 Å². The number of hydrogen-bond donors (Lipinski definition) is 1. The molecule has 0 saturated carbocycles. The number of rotatable bonds is 3. The summed E-state index contributed by atoms with van der Waals surface area (Å²) in [6.07, 6.45) is 1.96. The first-order chi connectivity index (χ1) is 9.08. The molecule has 1 aromatic rings. The molecule has 1 atom stereocenters. The Morgan fingerprint density at radius 3 is 2.63 bits per heavy atom. The van der Waals surface area contributed by atoms with E-state index in [1.54, 1.807) is 4.90 Å². The van der Waals surface area contributed by atoms with E-state index in [0.29, 0.717) is 6.54 Å². The fourth-order valence-electron chi connectivity index (χ4n) is 2.02. The fraction of sp³-hybridized carbons (Fsp3) is 0.333. The minimum absolute atomic E-state index is 0.0525. The lowest BCUT2D eigenvalue weighted by Crippen LogP contribution is -2.53. The van der Waals surface area contributed by atoms with E-state index in [2.05, 4.69) is 5.32 Å². The molecule has 0 radical (unpaired) electrons. The molecule has 1 unspecified atom stereocenters. The van der Waals surface area contributed by atoms with Gasteiger partial charge >= 0.3 is 0 Å². The molecule has 1 heterocycles. The van der Waals surface area contributed by atoms with Crippen molar-refractivity contribution in [1.29, 1.82) is 0 Å². The smallest absolute Gasteiger partial charge is 0.250 e. The van der Waals surface area contributed by atoms with Gasteiger partial charge in [-0.25, -0.2) is 0 Å². The molecule has 4 heteroatoms. The van der Waals surface area contributed by atoms with Crippen molar-refractivity contribution in [2.24, 2.45) is 0 Å². The summed E-state index contributed by atoms with van der Waals surface area (Å²) < 4.78 is 0. The van der Waals surface area contributed by atoms with Gasteiger partial charge in [-0.3, -0.25) is 9.59 Å². The summed E-state index contributed by atoms with van der Waals surface area (Å²) in [5.74, 6) is -0.168. The van der Waals surface area contributed by atoms with Crippen LogP contribution in [0, 0.1) is 0 Å². The van der Waals surface area contributed by atoms with Crippen LogP contribution in [0.1, 0.15) is 25.5 Å². The number of nitrogens with one attached hydrogen (secondary N) is 1. The molecule has 1 fully saturated rings. The van der Waals surface area contributed by atoms with Gasteiger partial charge in [0.05, 0.1) is 6.54 Å². The second kappa shape index (κ2) is 5.69. The molecular formula is C15H18N2O2. The SMILES string of the molecule is CC(C)=CCN1CC(=O)NC(c2ccccc2)C1=O. The predicted molar refractivity (Wildman–Crippen MR) is 73.3 cm³/mol. The zero-order valence-electron chi connectivity index (χ0n) is 11.2. The summed E-state index contributed by atoms with van der Waals surface area (Å²) in [4.78, 5) is 25.7. The molecule has 0 bridgehead atoms. The second-order valence-electron chi connectivity index (χ2n) is 4.91. The highest BCUT2D eigenvalue weighted by Gasteiger charge is 2.32. The van der Waals surface area contributed by atoms with Crippen molar-refractivity contribution in [1.82, 2.24) is 10.2 Å². The Hall–Kier alpha value is -2.10. The van der Waals surface area contributed by atoms with Gasteiger partial charge in [0, 0.05) is 6.54 Å². The van der Waals surface area contributed by atoms with Crippen LogP contribution in [-0.4, -0.2) is 29.8 Å². The van der Waals surface area contributed by atoms with E-state index in [9.17, 15) is 9.59 Å². The molecule has 0 aromatic heterocycles. The Balaban J connectivity index is 2.19. The van der Waals surface area contributed by atoms with Crippen molar-refractivity contribution in [3.63, 3.8) is 0 Å². The van der Waals surface area contributed by atoms with Crippen molar-refractivity contribution in [2.75, 3.05) is 13.1 Å². The van der Waals surface area contributed by atoms with Gasteiger partial charge in [-0.05, 0) is 19.4 Å². The molecule has 1 aliphatic rings. The zero-order valence-corrected chi connectivity index (χ0v) is 11.2. The molecule has 0 aliphatic carbocycles. The van der Waals surface area contributed by atoms with E-state index in [1.807, 2.05) is 50.3 Å². The number of benzene rings is 1. The van der Waals surface area contributed by atoms with Crippen molar-refractivity contribution >= 4 is 11.8 Å². The molecule has 4 nitrogen and oxygen atoms in total. The lowest BCUT2D eigenvalue weighted by atomic mass is 10.0. The standard InChI is InChI=1S/C15H18N2O2/c1-11(2)8-9-17-10-13(18)16-14(15(17)19)12-6-4-3-5-7-12/h3-8,14H,9-10H2,1-2H3,(H,16,18). The van der Waals surface area contributed by atoms with Gasteiger partial charge in [-0.15, -0.1) is 0 Å². The topological polar surface area (TPSA) is 49.4 Å². The highest BCUT2D eigenvalue weighted by Crippen LogP contribution is 2.18. The Kier molecular flexibility index (Phi) is 4.00. The third-order valence-electron chi connectivity index (χ3n) is 3.05. The van der Waals surface area contributed by atoms with Crippen molar-refractivity contribution in [3.8, 4) is 0 Å². The van der Waals surface area contributed by atoms with Crippen LogP contribution in [0.25, 0.3) is 0 Å². The zero-order chi connectivity index (χ0) is 13.8. The maximum atomic E-state index is 12.4. The Labute approximate surface area is 113 Å². The van der Waals surface area contributed by atoms with Crippen molar-refractivity contribution in [2.45, 2.75) is 19.9 Å². The number of piperazine rings is 1. The average molecular weight is 258 g/mol. The summed E-state index contributed by atoms with van der Waals surface area (Å²) in [7, 11) is 0. The summed E-state index contributed by atoms with van der Waals surface area (Å²) in [5.41, 5.74) is 1.96. The summed E-state index contributed by atoms with van der Waals surface area (Å²) in [5, 5.41) is 2.75. The van der Waals surface area contributed by atoms with Gasteiger partial charge in [0.15, 0.2) is 0 Å². The Bertz CT molecular complexity index is 504. The number of allylic oxidation sites excluding steroid dienone is 1. The van der Waals surface area contributed by atoms with Gasteiger partial charge in [0.2, 0.25) is 5.91 Å². The first-order valence-electron chi connectivity index (χ1n) is 6.34. The van der Waals surface area contributed by atoms with Gasteiger partial charge in [-0.1, -0.05) is 42.0 Å². The second-order valence-corrected chi connectivity index (χ2v) is 4.91. The lowest BCUT2D eigenvalue weighted by Gasteiger charge is -2.32. The summed E-state index contributed by atoms with van der Waals surface area (Å²) in [6.45, 7) is 4.57. The van der Waals surface area contributed by atoms with Crippen LogP contribution < -0.4 is 5.32 Å². The van der Waals surface area contributed by atoms with Gasteiger partial charge < -0.3 is 10.2 Å². The van der Waals surface area contributed by atoms with Crippen LogP contribution in [0.5, 0.6) is 0 Å². The normalized spacial score (nSPS) is 19.1. The van der Waals surface area contributed by atoms with Crippen LogP contribution in [0.3, 0.4) is 0 Å². The quantitative estimate of drug-likeness (QED) is 0.838. The van der Waals surface area contributed by atoms with E-state index in [0.717, 1.165) is 11.1 Å². The van der Waals surface area contributed by atoms with Crippen molar-refractivity contribution < 1.29 is 9.59 Å². The van der Waals surface area contributed by atoms with Crippen LogP contribution >= 0.6 is 0 Å². The molecule has 1 aliphatic heterocycles. The molecule has 1 aromatic carbocycles. The molecule has 2 amide bonds. The number of nitrogens with zero attached hydrogens (tertiary/aromatic N) is 1. The Morgan fingerprint density at radius 1 is 1.32 bits per heavy atom. The van der Waals surface area contributed by atoms with E-state index in [-0.39, 0.29) is 18.4 Å². The highest BCUT2D eigenvalue weighted by molar-refractivity contribution is 5.95. The van der Waals surface area contributed by atoms with Crippen LogP contribution in [0.2, 0.25) is 0 Å². The minimum Gasteiger partial charge on any atom is -0.339 e. The maximum absolute atomic E-state index is 12.4. The van der Waals surface area contributed by atoms with Gasteiger partial charge in [0.25, 0.3) is 5.91 Å². The fourth-order valence-corrected chi connectivity index (χ4v) is 2.02. The first-order valence-corrected chi connectivity index (χ1v) is 6.34. The number of hydrogen-bond acceptors (Lipinski definition) is 2. The molecule has 100 valence electrons. The van der Waals surface area contributed by atoms with Crippen molar-refractivity contribution in [3.05, 3.63) is 47.5 Å². The third kappa shape index (κ3) is 3.22. The molecule has 0 spiro atoms. The maximum Gasteiger partial charge on any atom is 0.250 e. The van der Waals surface area contributed by atoms with Crippen LogP contribution in [-0.2, 0) is 9.59 Å². The lowest BCUT2D eigenvalue weighted by molar-refractivity contribution is -0.143. The van der Waals surface area contributed by atoms with Gasteiger partial charge in [0.1, 0.15) is 6.04 Å². The first kappa shape index (κ1) is 13.3. The summed E-state index contributed by atoms with van der Waals surface area (Å²) in [6, 6.07) is 8.77. The van der Waals surface area contributed by atoms with E-state index in [1.165, 1.54) is 0 Å². The Morgan fingerprint density at radius 2 is 2.00 bits per heavy atom. The molecular weight excluding hydrogens is 240 g/mol. The molecule has 19 heavy (non-hydrogen) atoms. The average Bonchev–Trinajstić information content (AvgIpc) is 2.40. The van der Waals surface area contributed by atoms with Crippen LogP contribution in [0.15, 0.2) is 42.0 Å². The largest absolute Gasteiger partial charge is 0.339 e. The van der Waals surface area contributed by atoms with E-state index >= 15 is 0 Å². The predicted octanol–water partition coefficient (Wildman–Crippen LogP) is 1.65. The molecule has 2 rings (SSSR count). The number of carbonyl (C=O) groups is 2.